The van der Waals surface area contributed by atoms with Crippen molar-refractivity contribution in [2.24, 2.45) is 0 Å². The van der Waals surface area contributed by atoms with Gasteiger partial charge >= 0.3 is 0 Å². The quantitative estimate of drug-likeness (QED) is 0.330. The Labute approximate surface area is 199 Å². The molecule has 1 N–H and O–H groups in total. The average Bonchev–Trinajstić information content (AvgIpc) is 3.24. The molecule has 34 heavy (non-hydrogen) atoms. The van der Waals surface area contributed by atoms with Crippen molar-refractivity contribution in [3.8, 4) is 33.5 Å². The molecule has 4 heterocycles. The molecule has 0 aliphatic carbocycles. The van der Waals surface area contributed by atoms with Gasteiger partial charge in [0, 0.05) is 29.0 Å². The maximum absolute atomic E-state index is 13.8. The van der Waals surface area contributed by atoms with Crippen LogP contribution in [0.1, 0.15) is 5.69 Å². The first-order valence-corrected chi connectivity index (χ1v) is 11.2. The van der Waals surface area contributed by atoms with Crippen LogP contribution in [0, 0.1) is 6.92 Å². The molecular formula is C27H18ClN5O. The van der Waals surface area contributed by atoms with Gasteiger partial charge in [0.25, 0.3) is 5.56 Å². The molecule has 4 aromatic heterocycles. The second-order valence-electron chi connectivity index (χ2n) is 8.06. The van der Waals surface area contributed by atoms with E-state index in [1.807, 2.05) is 73.7 Å². The lowest BCUT2D eigenvalue weighted by atomic mass is 10.0. The Morgan fingerprint density at radius 2 is 1.68 bits per heavy atom. The molecule has 0 saturated heterocycles. The lowest BCUT2D eigenvalue weighted by molar-refractivity contribution is 0.897. The summed E-state index contributed by atoms with van der Waals surface area (Å²) in [5.41, 5.74) is 6.67. The summed E-state index contributed by atoms with van der Waals surface area (Å²) in [5.74, 6) is 0. The van der Waals surface area contributed by atoms with E-state index < -0.39 is 0 Å². The Morgan fingerprint density at radius 3 is 2.50 bits per heavy atom. The van der Waals surface area contributed by atoms with Crippen LogP contribution in [0.5, 0.6) is 0 Å². The Morgan fingerprint density at radius 1 is 0.824 bits per heavy atom. The van der Waals surface area contributed by atoms with Crippen LogP contribution >= 0.6 is 11.6 Å². The standard InChI is InChI=1S/C27H18ClN5O/c1-16-23(19-9-10-21-18(14-19)8-5-12-29-21)27(34)33-26(31-16)24(17-6-3-2-4-7-17)25(32-33)20-11-13-30-22(28)15-20/h2-15,31H,1H3. The number of hydrogen-bond acceptors (Lipinski definition) is 4. The van der Waals surface area contributed by atoms with Crippen molar-refractivity contribution in [1.82, 2.24) is 24.6 Å². The SMILES string of the molecule is Cc1[nH]c2c(-c3ccccc3)c(-c3ccnc(Cl)c3)nn2c(=O)c1-c1ccc2ncccc2c1. The molecule has 0 aliphatic rings. The molecule has 0 fully saturated rings. The zero-order valence-electron chi connectivity index (χ0n) is 18.2. The zero-order chi connectivity index (χ0) is 23.2. The summed E-state index contributed by atoms with van der Waals surface area (Å²) in [6.07, 6.45) is 3.39. The molecule has 6 aromatic rings. The number of aromatic nitrogens is 5. The van der Waals surface area contributed by atoms with E-state index in [1.54, 1.807) is 18.5 Å². The van der Waals surface area contributed by atoms with Gasteiger partial charge in [-0.1, -0.05) is 54.1 Å². The number of rotatable bonds is 3. The highest BCUT2D eigenvalue weighted by Gasteiger charge is 2.22. The van der Waals surface area contributed by atoms with E-state index in [4.69, 9.17) is 16.7 Å². The van der Waals surface area contributed by atoms with Crippen molar-refractivity contribution in [2.75, 3.05) is 0 Å². The van der Waals surface area contributed by atoms with Crippen LogP contribution in [0.4, 0.5) is 0 Å². The van der Waals surface area contributed by atoms with Crippen molar-refractivity contribution in [2.45, 2.75) is 6.92 Å². The summed E-state index contributed by atoms with van der Waals surface area (Å²) in [4.78, 5) is 25.7. The third kappa shape index (κ3) is 3.27. The first kappa shape index (κ1) is 20.3. The minimum atomic E-state index is -0.196. The van der Waals surface area contributed by atoms with E-state index in [0.717, 1.165) is 38.9 Å². The van der Waals surface area contributed by atoms with Gasteiger partial charge in [0.2, 0.25) is 0 Å². The summed E-state index contributed by atoms with van der Waals surface area (Å²) < 4.78 is 1.45. The van der Waals surface area contributed by atoms with Gasteiger partial charge in [-0.05, 0) is 48.4 Å². The first-order chi connectivity index (χ1) is 16.6. The number of benzene rings is 2. The number of nitrogens with one attached hydrogen (secondary N) is 1. The Hall–Kier alpha value is -4.29. The maximum Gasteiger partial charge on any atom is 0.282 e. The minimum absolute atomic E-state index is 0.196. The molecular weight excluding hydrogens is 446 g/mol. The zero-order valence-corrected chi connectivity index (χ0v) is 18.9. The van der Waals surface area contributed by atoms with Gasteiger partial charge in [-0.2, -0.15) is 9.61 Å². The van der Waals surface area contributed by atoms with Crippen LogP contribution in [-0.2, 0) is 0 Å². The largest absolute Gasteiger partial charge is 0.343 e. The number of hydrogen-bond donors (Lipinski definition) is 1. The van der Waals surface area contributed by atoms with E-state index >= 15 is 0 Å². The summed E-state index contributed by atoms with van der Waals surface area (Å²) in [5, 5.41) is 6.10. The number of halogens is 1. The van der Waals surface area contributed by atoms with Gasteiger partial charge in [0.1, 0.15) is 16.5 Å². The summed E-state index contributed by atoms with van der Waals surface area (Å²) in [6.45, 7) is 1.91. The van der Waals surface area contributed by atoms with Gasteiger partial charge in [0.15, 0.2) is 0 Å². The summed E-state index contributed by atoms with van der Waals surface area (Å²) >= 11 is 6.18. The average molecular weight is 464 g/mol. The molecule has 0 saturated carbocycles. The topological polar surface area (TPSA) is 75.9 Å². The summed E-state index contributed by atoms with van der Waals surface area (Å²) in [6, 6.07) is 23.2. The molecule has 6 rings (SSSR count). The molecule has 164 valence electrons. The second kappa shape index (κ2) is 7.93. The van der Waals surface area contributed by atoms with E-state index in [2.05, 4.69) is 15.0 Å². The number of fused-ring (bicyclic) bond motifs is 2. The van der Waals surface area contributed by atoms with Gasteiger partial charge in [0.05, 0.1) is 16.6 Å². The first-order valence-electron chi connectivity index (χ1n) is 10.8. The third-order valence-corrected chi connectivity index (χ3v) is 6.13. The van der Waals surface area contributed by atoms with Crippen molar-refractivity contribution >= 4 is 28.2 Å². The highest BCUT2D eigenvalue weighted by Crippen LogP contribution is 2.35. The summed E-state index contributed by atoms with van der Waals surface area (Å²) in [7, 11) is 0. The number of aryl methyl sites for hydroxylation is 1. The number of pyridine rings is 2. The molecule has 0 bridgehead atoms. The van der Waals surface area contributed by atoms with Crippen molar-refractivity contribution in [3.63, 3.8) is 0 Å². The van der Waals surface area contributed by atoms with Crippen LogP contribution < -0.4 is 5.56 Å². The van der Waals surface area contributed by atoms with Gasteiger partial charge < -0.3 is 4.98 Å². The maximum atomic E-state index is 13.8. The fourth-order valence-electron chi connectivity index (χ4n) is 4.39. The smallest absolute Gasteiger partial charge is 0.282 e. The van der Waals surface area contributed by atoms with Crippen LogP contribution in [0.2, 0.25) is 5.15 Å². The van der Waals surface area contributed by atoms with Crippen LogP contribution in [0.3, 0.4) is 0 Å². The molecule has 0 spiro atoms. The van der Waals surface area contributed by atoms with Crippen molar-refractivity contribution < 1.29 is 0 Å². The number of nitrogens with zero attached hydrogens (tertiary/aromatic N) is 4. The number of aromatic amines is 1. The lowest BCUT2D eigenvalue weighted by Gasteiger charge is -2.09. The highest BCUT2D eigenvalue weighted by atomic mass is 35.5. The molecule has 0 unspecified atom stereocenters. The highest BCUT2D eigenvalue weighted by molar-refractivity contribution is 6.29. The predicted octanol–water partition coefficient (Wildman–Crippen LogP) is 5.93. The van der Waals surface area contributed by atoms with E-state index in [-0.39, 0.29) is 5.56 Å². The minimum Gasteiger partial charge on any atom is -0.343 e. The van der Waals surface area contributed by atoms with E-state index in [0.29, 0.717) is 22.1 Å². The fourth-order valence-corrected chi connectivity index (χ4v) is 4.56. The van der Waals surface area contributed by atoms with Crippen LogP contribution in [0.15, 0.2) is 90.0 Å². The Kier molecular flexibility index (Phi) is 4.74. The fraction of sp³-hybridized carbons (Fsp3) is 0.0370. The number of H-pyrrole nitrogens is 1. The Balaban J connectivity index is 1.66. The molecule has 6 nitrogen and oxygen atoms in total. The predicted molar refractivity (Wildman–Crippen MR) is 135 cm³/mol. The molecule has 0 amide bonds. The monoisotopic (exact) mass is 463 g/mol. The van der Waals surface area contributed by atoms with Gasteiger partial charge in [-0.3, -0.25) is 9.78 Å². The molecule has 2 aromatic carbocycles. The Bertz CT molecular complexity index is 1750. The molecule has 0 atom stereocenters. The van der Waals surface area contributed by atoms with Gasteiger partial charge in [-0.15, -0.1) is 0 Å². The van der Waals surface area contributed by atoms with Crippen LogP contribution in [0.25, 0.3) is 50.1 Å². The third-order valence-electron chi connectivity index (χ3n) is 5.93. The second-order valence-corrected chi connectivity index (χ2v) is 8.45. The van der Waals surface area contributed by atoms with Crippen molar-refractivity contribution in [3.05, 3.63) is 106 Å². The van der Waals surface area contributed by atoms with Crippen LogP contribution in [-0.4, -0.2) is 24.6 Å². The molecule has 0 radical (unpaired) electrons. The van der Waals surface area contributed by atoms with E-state index in [1.165, 1.54) is 4.52 Å². The van der Waals surface area contributed by atoms with Crippen molar-refractivity contribution in [1.29, 1.82) is 0 Å². The lowest BCUT2D eigenvalue weighted by Crippen LogP contribution is -2.19. The molecule has 0 aliphatic heterocycles. The molecule has 7 heteroatoms. The normalized spacial score (nSPS) is 11.4. The van der Waals surface area contributed by atoms with E-state index in [9.17, 15) is 4.79 Å². The van der Waals surface area contributed by atoms with Gasteiger partial charge in [-0.25, -0.2) is 4.98 Å².